The van der Waals surface area contributed by atoms with E-state index in [1.54, 1.807) is 0 Å². The maximum absolute atomic E-state index is 2.50. The van der Waals surface area contributed by atoms with Crippen LogP contribution in [0.15, 0.2) is 0 Å². The molecule has 0 rings (SSSR count). The first-order valence-corrected chi connectivity index (χ1v) is 10.1. The predicted molar refractivity (Wildman–Crippen MR) is 98.9 cm³/mol. The zero-order valence-electron chi connectivity index (χ0n) is 15.9. The Bertz CT molecular complexity index is 194. The van der Waals surface area contributed by atoms with E-state index >= 15 is 0 Å². The van der Waals surface area contributed by atoms with Crippen molar-refractivity contribution in [2.24, 2.45) is 17.8 Å². The van der Waals surface area contributed by atoms with Crippen LogP contribution < -0.4 is 0 Å². The molecule has 0 heterocycles. The van der Waals surface area contributed by atoms with E-state index in [2.05, 4.69) is 34.6 Å². The van der Waals surface area contributed by atoms with E-state index in [0.717, 1.165) is 17.8 Å². The van der Waals surface area contributed by atoms with Gasteiger partial charge in [-0.25, -0.2) is 0 Å². The van der Waals surface area contributed by atoms with Crippen molar-refractivity contribution in [1.82, 2.24) is 0 Å². The Morgan fingerprint density at radius 1 is 0.571 bits per heavy atom. The summed E-state index contributed by atoms with van der Waals surface area (Å²) in [6.45, 7) is 11.9. The molecule has 128 valence electrons. The van der Waals surface area contributed by atoms with Crippen molar-refractivity contribution >= 4 is 0 Å². The van der Waals surface area contributed by atoms with Crippen LogP contribution in [0.3, 0.4) is 0 Å². The number of hydrogen-bond donors (Lipinski definition) is 0. The van der Waals surface area contributed by atoms with Crippen LogP contribution in [0.4, 0.5) is 0 Å². The number of rotatable bonds is 15. The molecule has 0 aromatic heterocycles. The van der Waals surface area contributed by atoms with Crippen molar-refractivity contribution in [3.05, 3.63) is 0 Å². The molecule has 0 nitrogen and oxygen atoms in total. The molecule has 0 radical (unpaired) electrons. The van der Waals surface area contributed by atoms with Crippen molar-refractivity contribution in [2.75, 3.05) is 0 Å². The Labute approximate surface area is 136 Å². The summed E-state index contributed by atoms with van der Waals surface area (Å²) in [6.07, 6.45) is 18.8. The summed E-state index contributed by atoms with van der Waals surface area (Å²) in [5, 5.41) is 0. The van der Waals surface area contributed by atoms with Crippen LogP contribution in [0.1, 0.15) is 118 Å². The maximum Gasteiger partial charge on any atom is -0.0412 e. The molecule has 0 saturated carbocycles. The number of hydrogen-bond acceptors (Lipinski definition) is 0. The fourth-order valence-corrected chi connectivity index (χ4v) is 3.49. The van der Waals surface area contributed by atoms with E-state index in [-0.39, 0.29) is 0 Å². The van der Waals surface area contributed by atoms with E-state index in [1.165, 1.54) is 83.5 Å². The second-order valence-electron chi connectivity index (χ2n) is 7.88. The van der Waals surface area contributed by atoms with Gasteiger partial charge in [-0.05, 0) is 24.2 Å². The molecule has 0 amide bonds. The first-order chi connectivity index (χ1) is 10.1. The van der Waals surface area contributed by atoms with Crippen LogP contribution in [-0.4, -0.2) is 0 Å². The van der Waals surface area contributed by atoms with Crippen LogP contribution in [0, 0.1) is 17.8 Å². The molecule has 21 heavy (non-hydrogen) atoms. The highest BCUT2D eigenvalue weighted by molar-refractivity contribution is 4.65. The quantitative estimate of drug-likeness (QED) is 0.268. The molecular weight excluding hydrogens is 252 g/mol. The molecular formula is C21H44. The summed E-state index contributed by atoms with van der Waals surface area (Å²) in [5.41, 5.74) is 0. The summed E-state index contributed by atoms with van der Waals surface area (Å²) in [6, 6.07) is 0. The van der Waals surface area contributed by atoms with E-state index in [1.807, 2.05) is 0 Å². The standard InChI is InChI=1S/C21H44/c1-6-8-9-10-11-12-13-15-20(5)18-21(14-7-2)17-16-19(3)4/h19-21H,6-18H2,1-5H3. The lowest BCUT2D eigenvalue weighted by Crippen LogP contribution is -2.08. The van der Waals surface area contributed by atoms with Gasteiger partial charge in [-0.2, -0.15) is 0 Å². The van der Waals surface area contributed by atoms with Crippen LogP contribution >= 0.6 is 0 Å². The minimum atomic E-state index is 0.878. The van der Waals surface area contributed by atoms with Gasteiger partial charge in [0.15, 0.2) is 0 Å². The van der Waals surface area contributed by atoms with Gasteiger partial charge in [-0.3, -0.25) is 0 Å². The Hall–Kier alpha value is 0. The molecule has 0 fully saturated rings. The van der Waals surface area contributed by atoms with Gasteiger partial charge in [0, 0.05) is 0 Å². The molecule has 2 unspecified atom stereocenters. The third-order valence-corrected chi connectivity index (χ3v) is 4.89. The van der Waals surface area contributed by atoms with E-state index in [0.29, 0.717) is 0 Å². The first kappa shape index (κ1) is 21.0. The van der Waals surface area contributed by atoms with E-state index < -0.39 is 0 Å². The Balaban J connectivity index is 3.64. The fourth-order valence-electron chi connectivity index (χ4n) is 3.49. The van der Waals surface area contributed by atoms with Crippen LogP contribution in [0.25, 0.3) is 0 Å². The largest absolute Gasteiger partial charge is 0.0654 e. The SMILES string of the molecule is CCCCCCCCCC(C)CC(CCC)CCC(C)C. The predicted octanol–water partition coefficient (Wildman–Crippen LogP) is 8.01. The van der Waals surface area contributed by atoms with E-state index in [9.17, 15) is 0 Å². The summed E-state index contributed by atoms with van der Waals surface area (Å²) < 4.78 is 0. The van der Waals surface area contributed by atoms with Crippen LogP contribution in [-0.2, 0) is 0 Å². The minimum Gasteiger partial charge on any atom is -0.0654 e. The fraction of sp³-hybridized carbons (Fsp3) is 1.00. The summed E-state index contributed by atoms with van der Waals surface area (Å²) in [5.74, 6) is 2.82. The lowest BCUT2D eigenvalue weighted by atomic mass is 9.85. The topological polar surface area (TPSA) is 0 Å². The lowest BCUT2D eigenvalue weighted by Gasteiger charge is -2.21. The Morgan fingerprint density at radius 3 is 1.76 bits per heavy atom. The molecule has 0 aromatic carbocycles. The van der Waals surface area contributed by atoms with Crippen molar-refractivity contribution in [3.8, 4) is 0 Å². The van der Waals surface area contributed by atoms with Gasteiger partial charge in [0.2, 0.25) is 0 Å². The second kappa shape index (κ2) is 14.9. The van der Waals surface area contributed by atoms with Crippen LogP contribution in [0.2, 0.25) is 0 Å². The molecule has 0 aromatic rings. The third kappa shape index (κ3) is 14.7. The minimum absolute atomic E-state index is 0.878. The summed E-state index contributed by atoms with van der Waals surface area (Å²) in [7, 11) is 0. The molecule has 0 spiro atoms. The van der Waals surface area contributed by atoms with Crippen molar-refractivity contribution in [1.29, 1.82) is 0 Å². The van der Waals surface area contributed by atoms with Crippen molar-refractivity contribution in [3.63, 3.8) is 0 Å². The zero-order chi connectivity index (χ0) is 15.9. The third-order valence-electron chi connectivity index (χ3n) is 4.89. The normalized spacial score (nSPS) is 14.6. The number of unbranched alkanes of at least 4 members (excludes halogenated alkanes) is 6. The monoisotopic (exact) mass is 296 g/mol. The highest BCUT2D eigenvalue weighted by Gasteiger charge is 2.13. The van der Waals surface area contributed by atoms with Gasteiger partial charge in [0.25, 0.3) is 0 Å². The van der Waals surface area contributed by atoms with Gasteiger partial charge >= 0.3 is 0 Å². The summed E-state index contributed by atoms with van der Waals surface area (Å²) >= 11 is 0. The molecule has 2 atom stereocenters. The highest BCUT2D eigenvalue weighted by atomic mass is 14.2. The molecule has 0 saturated heterocycles. The average molecular weight is 297 g/mol. The van der Waals surface area contributed by atoms with Crippen molar-refractivity contribution in [2.45, 2.75) is 118 Å². The smallest absolute Gasteiger partial charge is 0.0412 e. The second-order valence-corrected chi connectivity index (χ2v) is 7.88. The molecule has 0 heteroatoms. The van der Waals surface area contributed by atoms with Gasteiger partial charge in [-0.1, -0.05) is 112 Å². The average Bonchev–Trinajstić information content (AvgIpc) is 2.44. The molecule has 0 aliphatic heterocycles. The molecule has 0 aliphatic carbocycles. The Kier molecular flexibility index (Phi) is 14.9. The summed E-state index contributed by atoms with van der Waals surface area (Å²) in [4.78, 5) is 0. The van der Waals surface area contributed by atoms with Crippen molar-refractivity contribution < 1.29 is 0 Å². The van der Waals surface area contributed by atoms with Gasteiger partial charge < -0.3 is 0 Å². The van der Waals surface area contributed by atoms with Crippen LogP contribution in [0.5, 0.6) is 0 Å². The van der Waals surface area contributed by atoms with E-state index in [4.69, 9.17) is 0 Å². The van der Waals surface area contributed by atoms with Gasteiger partial charge in [0.1, 0.15) is 0 Å². The molecule has 0 aliphatic rings. The molecule has 0 bridgehead atoms. The first-order valence-electron chi connectivity index (χ1n) is 10.1. The van der Waals surface area contributed by atoms with Gasteiger partial charge in [0.05, 0.1) is 0 Å². The maximum atomic E-state index is 2.50. The zero-order valence-corrected chi connectivity index (χ0v) is 15.9. The lowest BCUT2D eigenvalue weighted by molar-refractivity contribution is 0.310. The molecule has 0 N–H and O–H groups in total. The highest BCUT2D eigenvalue weighted by Crippen LogP contribution is 2.27. The van der Waals surface area contributed by atoms with Gasteiger partial charge in [-0.15, -0.1) is 0 Å². The Morgan fingerprint density at radius 2 is 1.19 bits per heavy atom.